The number of nitrogens with zero attached hydrogens (tertiary/aromatic N) is 1. The molecule has 0 bridgehead atoms. The number of nitriles is 1. The maximum Gasteiger partial charge on any atom is 0.313 e. The zero-order valence-electron chi connectivity index (χ0n) is 21.5. The number of hydrogen-bond acceptors (Lipinski definition) is 4. The Morgan fingerprint density at radius 2 is 1.49 bits per heavy atom. The van der Waals surface area contributed by atoms with Crippen LogP contribution in [0.5, 0.6) is 11.5 Å². The number of aliphatic hydroxyl groups is 1. The van der Waals surface area contributed by atoms with Crippen LogP contribution in [-0.2, 0) is 10.1 Å². The van der Waals surface area contributed by atoms with Gasteiger partial charge in [-0.15, -0.1) is 0 Å². The molecule has 0 saturated carbocycles. The Bertz CT molecular complexity index is 1590. The molecule has 1 atom stereocenters. The predicted molar refractivity (Wildman–Crippen MR) is 147 cm³/mol. The van der Waals surface area contributed by atoms with Gasteiger partial charge in [0, 0.05) is 11.1 Å². The molecule has 1 unspecified atom stereocenters. The minimum atomic E-state index is -1.02. The SMILES string of the molecule is CC(C)(O)C(C)(C)OBc1cccc2c1Oc1ccccc1C21c2ccccc2-c2ccc(C#N)cc21. The van der Waals surface area contributed by atoms with Crippen molar-refractivity contribution in [1.29, 1.82) is 5.26 Å². The summed E-state index contributed by atoms with van der Waals surface area (Å²) in [5.41, 5.74) is 5.73. The molecule has 1 heterocycles. The third-order valence-electron chi connectivity index (χ3n) is 8.24. The number of fused-ring (bicyclic) bond motifs is 9. The van der Waals surface area contributed by atoms with Crippen LogP contribution in [0.25, 0.3) is 11.1 Å². The summed E-state index contributed by atoms with van der Waals surface area (Å²) in [5, 5.41) is 20.5. The summed E-state index contributed by atoms with van der Waals surface area (Å²) < 4.78 is 12.9. The zero-order valence-corrected chi connectivity index (χ0v) is 21.5. The molecule has 0 amide bonds. The van der Waals surface area contributed by atoms with Crippen LogP contribution in [-0.4, -0.2) is 23.8 Å². The molecule has 1 spiro atoms. The number of para-hydroxylation sites is 2. The second-order valence-electron chi connectivity index (χ2n) is 10.9. The maximum absolute atomic E-state index is 10.6. The van der Waals surface area contributed by atoms with Crippen molar-refractivity contribution >= 4 is 12.9 Å². The third kappa shape index (κ3) is 3.30. The smallest absolute Gasteiger partial charge is 0.313 e. The van der Waals surface area contributed by atoms with Gasteiger partial charge in [0.1, 0.15) is 11.5 Å². The third-order valence-corrected chi connectivity index (χ3v) is 8.24. The lowest BCUT2D eigenvalue weighted by Crippen LogP contribution is -2.49. The Hall–Kier alpha value is -3.85. The normalized spacial score (nSPS) is 17.2. The van der Waals surface area contributed by atoms with Gasteiger partial charge < -0.3 is 14.5 Å². The molecule has 0 radical (unpaired) electrons. The van der Waals surface area contributed by atoms with Gasteiger partial charge in [-0.25, -0.2) is 0 Å². The van der Waals surface area contributed by atoms with Gasteiger partial charge in [0.25, 0.3) is 0 Å². The molecule has 6 rings (SSSR count). The fourth-order valence-electron chi connectivity index (χ4n) is 5.60. The lowest BCUT2D eigenvalue weighted by molar-refractivity contribution is -0.0893. The Morgan fingerprint density at radius 3 is 2.24 bits per heavy atom. The molecule has 1 N–H and O–H groups in total. The second kappa shape index (κ2) is 8.08. The molecule has 0 aromatic heterocycles. The van der Waals surface area contributed by atoms with Crippen molar-refractivity contribution in [2.24, 2.45) is 0 Å². The predicted octanol–water partition coefficient (Wildman–Crippen LogP) is 5.57. The Labute approximate surface area is 218 Å². The largest absolute Gasteiger partial charge is 0.457 e. The standard InChI is InChI=1S/C32H28BNO3/c1-30(2,35)31(3,4)37-33-27-14-9-13-25-29(27)36-28-15-8-7-12-24(28)32(25)23-11-6-5-10-21(23)22-17-16-20(19-34)18-26(22)32/h5-18,33,35H,1-4H3. The Kier molecular flexibility index (Phi) is 5.14. The molecule has 0 saturated heterocycles. The molecule has 37 heavy (non-hydrogen) atoms. The summed E-state index contributed by atoms with van der Waals surface area (Å²) in [7, 11) is 0.283. The van der Waals surface area contributed by atoms with E-state index in [0.29, 0.717) is 5.56 Å². The van der Waals surface area contributed by atoms with Crippen LogP contribution in [0.4, 0.5) is 0 Å². The molecule has 182 valence electrons. The van der Waals surface area contributed by atoms with Gasteiger partial charge in [-0.1, -0.05) is 66.7 Å². The molecule has 4 aromatic rings. The second-order valence-corrected chi connectivity index (χ2v) is 10.9. The average molecular weight is 485 g/mol. The molecule has 2 aliphatic rings. The van der Waals surface area contributed by atoms with Gasteiger partial charge in [-0.05, 0) is 73.6 Å². The van der Waals surface area contributed by atoms with E-state index in [1.165, 1.54) is 5.56 Å². The van der Waals surface area contributed by atoms with Crippen molar-refractivity contribution < 1.29 is 14.5 Å². The minimum absolute atomic E-state index is 0.283. The first-order chi connectivity index (χ1) is 17.7. The number of hydrogen-bond donors (Lipinski definition) is 1. The van der Waals surface area contributed by atoms with Gasteiger partial charge in [0.05, 0.1) is 28.2 Å². The summed E-state index contributed by atoms with van der Waals surface area (Å²) in [5.74, 6) is 1.55. The lowest BCUT2D eigenvalue weighted by Gasteiger charge is -2.41. The van der Waals surface area contributed by atoms with Gasteiger partial charge >= 0.3 is 7.48 Å². The average Bonchev–Trinajstić information content (AvgIpc) is 3.17. The van der Waals surface area contributed by atoms with Crippen molar-refractivity contribution in [3.63, 3.8) is 0 Å². The van der Waals surface area contributed by atoms with Crippen LogP contribution in [0.2, 0.25) is 0 Å². The number of ether oxygens (including phenoxy) is 1. The molecular weight excluding hydrogens is 457 g/mol. The first-order valence-electron chi connectivity index (χ1n) is 12.6. The highest BCUT2D eigenvalue weighted by molar-refractivity contribution is 6.48. The van der Waals surface area contributed by atoms with E-state index in [4.69, 9.17) is 9.39 Å². The Morgan fingerprint density at radius 1 is 0.811 bits per heavy atom. The van der Waals surface area contributed by atoms with E-state index in [0.717, 1.165) is 44.8 Å². The van der Waals surface area contributed by atoms with E-state index >= 15 is 0 Å². The zero-order chi connectivity index (χ0) is 26.0. The van der Waals surface area contributed by atoms with Crippen molar-refractivity contribution in [1.82, 2.24) is 0 Å². The van der Waals surface area contributed by atoms with Crippen LogP contribution >= 0.6 is 0 Å². The van der Waals surface area contributed by atoms with Gasteiger partial charge in [0.15, 0.2) is 0 Å². The topological polar surface area (TPSA) is 62.5 Å². The summed E-state index contributed by atoms with van der Waals surface area (Å²) in [6, 6.07) is 31.2. The monoisotopic (exact) mass is 485 g/mol. The quantitative estimate of drug-likeness (QED) is 0.332. The molecule has 4 nitrogen and oxygen atoms in total. The fraction of sp³-hybridized carbons (Fsp3) is 0.219. The van der Waals surface area contributed by atoms with Crippen LogP contribution in [0.1, 0.15) is 55.5 Å². The van der Waals surface area contributed by atoms with Crippen molar-refractivity contribution in [3.8, 4) is 28.7 Å². The van der Waals surface area contributed by atoms with E-state index < -0.39 is 16.6 Å². The highest BCUT2D eigenvalue weighted by atomic mass is 16.5. The van der Waals surface area contributed by atoms with Gasteiger partial charge in [0.2, 0.25) is 0 Å². The van der Waals surface area contributed by atoms with E-state index in [2.05, 4.69) is 48.5 Å². The van der Waals surface area contributed by atoms with Crippen molar-refractivity contribution in [2.45, 2.75) is 44.3 Å². The van der Waals surface area contributed by atoms with Crippen LogP contribution in [0.15, 0.2) is 84.9 Å². The van der Waals surface area contributed by atoms with E-state index in [1.54, 1.807) is 13.8 Å². The number of rotatable bonds is 4. The van der Waals surface area contributed by atoms with Gasteiger partial charge in [-0.2, -0.15) is 5.26 Å². The lowest BCUT2D eigenvalue weighted by atomic mass is 9.64. The Balaban J connectivity index is 1.64. The van der Waals surface area contributed by atoms with E-state index in [9.17, 15) is 10.4 Å². The summed E-state index contributed by atoms with van der Waals surface area (Å²) in [6.45, 7) is 7.31. The molecule has 1 aliphatic carbocycles. The van der Waals surface area contributed by atoms with Crippen LogP contribution in [0, 0.1) is 11.3 Å². The first kappa shape index (κ1) is 23.5. The highest BCUT2D eigenvalue weighted by Gasteiger charge is 2.51. The maximum atomic E-state index is 10.6. The van der Waals surface area contributed by atoms with Crippen LogP contribution < -0.4 is 10.2 Å². The van der Waals surface area contributed by atoms with E-state index in [1.807, 2.05) is 56.3 Å². The highest BCUT2D eigenvalue weighted by Crippen LogP contribution is 2.61. The van der Waals surface area contributed by atoms with Gasteiger partial charge in [-0.3, -0.25) is 0 Å². The molecule has 5 heteroatoms. The summed E-state index contributed by atoms with van der Waals surface area (Å²) in [6.07, 6.45) is 0. The first-order valence-corrected chi connectivity index (χ1v) is 12.6. The van der Waals surface area contributed by atoms with Crippen molar-refractivity contribution in [3.05, 3.63) is 113 Å². The van der Waals surface area contributed by atoms with Crippen molar-refractivity contribution in [2.75, 3.05) is 0 Å². The van der Waals surface area contributed by atoms with Crippen LogP contribution in [0.3, 0.4) is 0 Å². The molecule has 4 aromatic carbocycles. The summed E-state index contributed by atoms with van der Waals surface area (Å²) in [4.78, 5) is 0. The number of benzene rings is 4. The molecule has 0 fully saturated rings. The fourth-order valence-corrected chi connectivity index (χ4v) is 5.60. The minimum Gasteiger partial charge on any atom is -0.457 e. The molecular formula is C32H28BNO3. The summed E-state index contributed by atoms with van der Waals surface area (Å²) >= 11 is 0. The van der Waals surface area contributed by atoms with E-state index in [-0.39, 0.29) is 7.48 Å². The molecule has 1 aliphatic heterocycles.